The molecule has 0 amide bonds. The van der Waals surface area contributed by atoms with Crippen LogP contribution in [0.4, 0.5) is 0 Å². The van der Waals surface area contributed by atoms with Crippen molar-refractivity contribution in [2.45, 2.75) is 65.6 Å². The van der Waals surface area contributed by atoms with Crippen molar-refractivity contribution >= 4 is 11.5 Å². The highest BCUT2D eigenvalue weighted by Crippen LogP contribution is 2.23. The summed E-state index contributed by atoms with van der Waals surface area (Å²) in [7, 11) is 0. The van der Waals surface area contributed by atoms with Gasteiger partial charge in [-0.05, 0) is 44.8 Å². The van der Waals surface area contributed by atoms with Crippen LogP contribution in [-0.2, 0) is 13.1 Å². The van der Waals surface area contributed by atoms with E-state index in [1.54, 1.807) is 11.5 Å². The molecule has 1 fully saturated rings. The van der Waals surface area contributed by atoms with Crippen molar-refractivity contribution in [3.05, 3.63) is 22.5 Å². The van der Waals surface area contributed by atoms with Crippen LogP contribution >= 0.6 is 11.5 Å². The number of aromatic nitrogens is 5. The zero-order chi connectivity index (χ0) is 15.7. The second kappa shape index (κ2) is 6.42. The highest BCUT2D eigenvalue weighted by molar-refractivity contribution is 7.05. The first kappa shape index (κ1) is 15.6. The van der Waals surface area contributed by atoms with Gasteiger partial charge in [0.2, 0.25) is 0 Å². The third-order valence-corrected chi connectivity index (χ3v) is 4.89. The average Bonchev–Trinajstić information content (AvgIpc) is 3.14. The summed E-state index contributed by atoms with van der Waals surface area (Å²) in [5.74, 6) is 3.23. The molecule has 1 aliphatic heterocycles. The topological polar surface area (TPSA) is 59.7 Å². The quantitative estimate of drug-likeness (QED) is 0.847. The largest absolute Gasteiger partial charge is 0.292 e. The zero-order valence-corrected chi connectivity index (χ0v) is 14.6. The van der Waals surface area contributed by atoms with Crippen molar-refractivity contribution < 1.29 is 0 Å². The standard InChI is InChI=1S/C15H24N6S/c1-10(2)15-17-14(22-19-15)9-20-7-5-6-13(20)8-21-12(4)16-11(3)18-21/h10,13H,5-9H2,1-4H3/t13-/m0/s1. The van der Waals surface area contributed by atoms with E-state index in [-0.39, 0.29) is 0 Å². The molecule has 120 valence electrons. The first-order valence-corrected chi connectivity index (χ1v) is 8.75. The second-order valence-corrected chi connectivity index (χ2v) is 7.19. The number of likely N-dealkylation sites (tertiary alicyclic amines) is 1. The van der Waals surface area contributed by atoms with E-state index in [9.17, 15) is 0 Å². The van der Waals surface area contributed by atoms with Crippen molar-refractivity contribution in [1.82, 2.24) is 29.0 Å². The smallest absolute Gasteiger partial charge is 0.147 e. The molecular weight excluding hydrogens is 296 g/mol. The highest BCUT2D eigenvalue weighted by Gasteiger charge is 2.27. The molecule has 0 saturated carbocycles. The zero-order valence-electron chi connectivity index (χ0n) is 13.8. The van der Waals surface area contributed by atoms with Gasteiger partial charge in [0.15, 0.2) is 0 Å². The molecule has 0 aromatic carbocycles. The van der Waals surface area contributed by atoms with Crippen molar-refractivity contribution in [3.63, 3.8) is 0 Å². The Labute approximate surface area is 135 Å². The highest BCUT2D eigenvalue weighted by atomic mass is 32.1. The molecule has 0 unspecified atom stereocenters. The first-order chi connectivity index (χ1) is 10.5. The SMILES string of the molecule is Cc1nc(C)n(C[C@@H]2CCCN2Cc2nc(C(C)C)ns2)n1. The lowest BCUT2D eigenvalue weighted by atomic mass is 10.2. The van der Waals surface area contributed by atoms with Crippen LogP contribution in [0, 0.1) is 13.8 Å². The predicted molar refractivity (Wildman–Crippen MR) is 86.9 cm³/mol. The van der Waals surface area contributed by atoms with Crippen LogP contribution in [-0.4, -0.2) is 41.6 Å². The van der Waals surface area contributed by atoms with Crippen LogP contribution in [0.3, 0.4) is 0 Å². The summed E-state index contributed by atoms with van der Waals surface area (Å²) in [4.78, 5) is 11.6. The molecule has 3 heterocycles. The van der Waals surface area contributed by atoms with Crippen LogP contribution in [0.5, 0.6) is 0 Å². The lowest BCUT2D eigenvalue weighted by Crippen LogP contribution is -2.33. The molecule has 3 rings (SSSR count). The van der Waals surface area contributed by atoms with Gasteiger partial charge >= 0.3 is 0 Å². The normalized spacial score (nSPS) is 19.4. The van der Waals surface area contributed by atoms with Crippen molar-refractivity contribution in [2.75, 3.05) is 6.54 Å². The molecule has 2 aromatic heterocycles. The van der Waals surface area contributed by atoms with Gasteiger partial charge in [0.1, 0.15) is 22.5 Å². The molecule has 0 spiro atoms. The van der Waals surface area contributed by atoms with Crippen molar-refractivity contribution in [1.29, 1.82) is 0 Å². The van der Waals surface area contributed by atoms with E-state index in [0.29, 0.717) is 12.0 Å². The summed E-state index contributed by atoms with van der Waals surface area (Å²) in [6.45, 7) is 11.2. The number of hydrogen-bond donors (Lipinski definition) is 0. The molecule has 0 radical (unpaired) electrons. The van der Waals surface area contributed by atoms with Crippen LogP contribution in [0.25, 0.3) is 0 Å². The van der Waals surface area contributed by atoms with Gasteiger partial charge in [-0.15, -0.1) is 0 Å². The van der Waals surface area contributed by atoms with E-state index < -0.39 is 0 Å². The molecular formula is C15H24N6S. The molecule has 1 aliphatic rings. The van der Waals surface area contributed by atoms with E-state index >= 15 is 0 Å². The molecule has 1 atom stereocenters. The lowest BCUT2D eigenvalue weighted by Gasteiger charge is -2.23. The minimum atomic E-state index is 0.403. The Morgan fingerprint density at radius 2 is 2.09 bits per heavy atom. The second-order valence-electron chi connectivity index (χ2n) is 6.36. The average molecular weight is 320 g/mol. The number of hydrogen-bond acceptors (Lipinski definition) is 6. The monoisotopic (exact) mass is 320 g/mol. The number of aryl methyl sites for hydroxylation is 2. The van der Waals surface area contributed by atoms with Gasteiger partial charge < -0.3 is 0 Å². The predicted octanol–water partition coefficient (Wildman–Crippen LogP) is 2.53. The van der Waals surface area contributed by atoms with Crippen LogP contribution in [0.2, 0.25) is 0 Å². The molecule has 22 heavy (non-hydrogen) atoms. The fourth-order valence-electron chi connectivity index (χ4n) is 2.98. The molecule has 0 bridgehead atoms. The summed E-state index contributed by atoms with van der Waals surface area (Å²) >= 11 is 1.54. The maximum Gasteiger partial charge on any atom is 0.147 e. The van der Waals surface area contributed by atoms with Crippen molar-refractivity contribution in [2.24, 2.45) is 0 Å². The summed E-state index contributed by atoms with van der Waals surface area (Å²) in [6.07, 6.45) is 2.46. The summed E-state index contributed by atoms with van der Waals surface area (Å²) in [5.41, 5.74) is 0. The van der Waals surface area contributed by atoms with E-state index in [2.05, 4.69) is 38.2 Å². The van der Waals surface area contributed by atoms with Gasteiger partial charge in [-0.1, -0.05) is 13.8 Å². The van der Waals surface area contributed by atoms with Crippen molar-refractivity contribution in [3.8, 4) is 0 Å². The Hall–Kier alpha value is -1.34. The fourth-order valence-corrected chi connectivity index (χ4v) is 3.79. The summed E-state index contributed by atoms with van der Waals surface area (Å²) in [5, 5.41) is 5.62. The Balaban J connectivity index is 1.66. The Bertz CT molecular complexity index is 632. The first-order valence-electron chi connectivity index (χ1n) is 7.97. The van der Waals surface area contributed by atoms with E-state index in [1.807, 2.05) is 18.5 Å². The maximum atomic E-state index is 4.67. The molecule has 6 nitrogen and oxygen atoms in total. The van der Waals surface area contributed by atoms with Crippen LogP contribution < -0.4 is 0 Å². The molecule has 0 aliphatic carbocycles. The van der Waals surface area contributed by atoms with E-state index in [4.69, 9.17) is 0 Å². The minimum Gasteiger partial charge on any atom is -0.292 e. The molecule has 2 aromatic rings. The third kappa shape index (κ3) is 3.35. The van der Waals surface area contributed by atoms with Gasteiger partial charge in [0.05, 0.1) is 13.1 Å². The molecule has 1 saturated heterocycles. The Morgan fingerprint density at radius 1 is 1.27 bits per heavy atom. The fraction of sp³-hybridized carbons (Fsp3) is 0.733. The van der Waals surface area contributed by atoms with Gasteiger partial charge in [-0.2, -0.15) is 9.47 Å². The number of rotatable bonds is 5. The van der Waals surface area contributed by atoms with Gasteiger partial charge in [0.25, 0.3) is 0 Å². The van der Waals surface area contributed by atoms with E-state index in [1.165, 1.54) is 12.8 Å². The summed E-state index contributed by atoms with van der Waals surface area (Å²) < 4.78 is 6.50. The maximum absolute atomic E-state index is 4.67. The van der Waals surface area contributed by atoms with Gasteiger partial charge in [-0.3, -0.25) is 4.90 Å². The van der Waals surface area contributed by atoms with Crippen LogP contribution in [0.1, 0.15) is 55.1 Å². The summed E-state index contributed by atoms with van der Waals surface area (Å²) in [6, 6.07) is 0.520. The lowest BCUT2D eigenvalue weighted by molar-refractivity contribution is 0.217. The Morgan fingerprint density at radius 3 is 2.73 bits per heavy atom. The van der Waals surface area contributed by atoms with Crippen LogP contribution in [0.15, 0.2) is 0 Å². The van der Waals surface area contributed by atoms with Gasteiger partial charge in [-0.25, -0.2) is 14.6 Å². The molecule has 0 N–H and O–H groups in total. The van der Waals surface area contributed by atoms with E-state index in [0.717, 1.165) is 42.1 Å². The minimum absolute atomic E-state index is 0.403. The molecule has 7 heteroatoms. The Kier molecular flexibility index (Phi) is 4.54. The number of nitrogens with zero attached hydrogens (tertiary/aromatic N) is 6. The third-order valence-electron chi connectivity index (χ3n) is 4.18. The van der Waals surface area contributed by atoms with Gasteiger partial charge in [0, 0.05) is 12.0 Å².